The van der Waals surface area contributed by atoms with Crippen LogP contribution < -0.4 is 5.32 Å². The van der Waals surface area contributed by atoms with Gasteiger partial charge in [0.25, 0.3) is 0 Å². The molecule has 4 heteroatoms. The molecule has 0 bridgehead atoms. The summed E-state index contributed by atoms with van der Waals surface area (Å²) >= 11 is 1.67. The van der Waals surface area contributed by atoms with Crippen LogP contribution in [-0.2, 0) is 4.74 Å². The van der Waals surface area contributed by atoms with Crippen LogP contribution in [-0.4, -0.2) is 31.0 Å². The zero-order valence-corrected chi connectivity index (χ0v) is 10.4. The molecule has 1 aliphatic rings. The molecule has 1 fully saturated rings. The van der Waals surface area contributed by atoms with Crippen molar-refractivity contribution in [3.63, 3.8) is 0 Å². The third kappa shape index (κ3) is 3.39. The van der Waals surface area contributed by atoms with Crippen LogP contribution in [0.1, 0.15) is 12.8 Å². The smallest absolute Gasteiger partial charge is 0.0958 e. The van der Waals surface area contributed by atoms with Crippen LogP contribution in [0.3, 0.4) is 0 Å². The number of ether oxygens (including phenoxy) is 1. The molecule has 0 amide bonds. The summed E-state index contributed by atoms with van der Waals surface area (Å²) in [5.41, 5.74) is 1.12. The number of thioether (sulfide) groups is 1. The van der Waals surface area contributed by atoms with Gasteiger partial charge >= 0.3 is 0 Å². The fraction of sp³-hybridized carbons (Fsp3) is 0.583. The second-order valence-electron chi connectivity index (χ2n) is 4.03. The first-order chi connectivity index (χ1) is 7.88. The summed E-state index contributed by atoms with van der Waals surface area (Å²) in [6, 6.07) is 4.15. The number of hydrogen-bond donors (Lipinski definition) is 1. The minimum atomic E-state index is 0.744. The summed E-state index contributed by atoms with van der Waals surface area (Å²) in [6.07, 6.45) is 6.29. The normalized spacial score (nSPS) is 17.3. The molecule has 3 nitrogen and oxygen atoms in total. The fourth-order valence-corrected chi connectivity index (χ4v) is 2.18. The zero-order chi connectivity index (χ0) is 11.2. The molecule has 0 radical (unpaired) electrons. The van der Waals surface area contributed by atoms with Crippen molar-refractivity contribution in [1.29, 1.82) is 0 Å². The van der Waals surface area contributed by atoms with Crippen molar-refractivity contribution in [2.75, 3.05) is 31.3 Å². The maximum absolute atomic E-state index is 5.34. The van der Waals surface area contributed by atoms with E-state index in [4.69, 9.17) is 4.74 Å². The average molecular weight is 238 g/mol. The second kappa shape index (κ2) is 6.11. The topological polar surface area (TPSA) is 34.1 Å². The van der Waals surface area contributed by atoms with Crippen molar-refractivity contribution in [1.82, 2.24) is 4.98 Å². The van der Waals surface area contributed by atoms with Crippen molar-refractivity contribution in [3.05, 3.63) is 18.3 Å². The van der Waals surface area contributed by atoms with Gasteiger partial charge in [-0.3, -0.25) is 0 Å². The second-order valence-corrected chi connectivity index (χ2v) is 4.85. The van der Waals surface area contributed by atoms with E-state index in [1.165, 1.54) is 12.8 Å². The number of nitrogens with zero attached hydrogens (tertiary/aromatic N) is 1. The molecule has 16 heavy (non-hydrogen) atoms. The van der Waals surface area contributed by atoms with E-state index in [1.54, 1.807) is 11.8 Å². The van der Waals surface area contributed by atoms with E-state index in [1.807, 2.05) is 12.5 Å². The van der Waals surface area contributed by atoms with E-state index in [0.29, 0.717) is 0 Å². The predicted molar refractivity (Wildman–Crippen MR) is 68.1 cm³/mol. The third-order valence-corrected chi connectivity index (χ3v) is 3.54. The van der Waals surface area contributed by atoms with Crippen LogP contribution in [0.5, 0.6) is 0 Å². The first kappa shape index (κ1) is 11.7. The molecule has 2 rings (SSSR count). The molecular formula is C12H18N2OS. The van der Waals surface area contributed by atoms with Gasteiger partial charge < -0.3 is 10.1 Å². The minimum absolute atomic E-state index is 0.744. The Morgan fingerprint density at radius 1 is 1.44 bits per heavy atom. The van der Waals surface area contributed by atoms with E-state index in [-0.39, 0.29) is 0 Å². The van der Waals surface area contributed by atoms with Crippen molar-refractivity contribution >= 4 is 17.4 Å². The molecule has 1 aliphatic heterocycles. The van der Waals surface area contributed by atoms with Crippen molar-refractivity contribution in [2.45, 2.75) is 17.9 Å². The van der Waals surface area contributed by atoms with E-state index in [9.17, 15) is 0 Å². The molecule has 2 heterocycles. The largest absolute Gasteiger partial charge is 0.384 e. The standard InChI is InChI=1S/C12H18N2OS/c1-16-12-3-2-11(9-14-12)13-8-10-4-6-15-7-5-10/h2-3,9-10,13H,4-8H2,1H3. The van der Waals surface area contributed by atoms with Gasteiger partial charge in [0.15, 0.2) is 0 Å². The number of aromatic nitrogens is 1. The Bertz CT molecular complexity index is 309. The minimum Gasteiger partial charge on any atom is -0.384 e. The number of rotatable bonds is 4. The van der Waals surface area contributed by atoms with E-state index >= 15 is 0 Å². The molecule has 88 valence electrons. The molecule has 0 saturated carbocycles. The lowest BCUT2D eigenvalue weighted by Crippen LogP contribution is -2.22. The molecule has 1 saturated heterocycles. The molecule has 0 spiro atoms. The van der Waals surface area contributed by atoms with E-state index in [0.717, 1.165) is 36.4 Å². The summed E-state index contributed by atoms with van der Waals surface area (Å²) in [7, 11) is 0. The van der Waals surface area contributed by atoms with Gasteiger partial charge in [0.2, 0.25) is 0 Å². The predicted octanol–water partition coefficient (Wildman–Crippen LogP) is 2.64. The van der Waals surface area contributed by atoms with Gasteiger partial charge in [-0.25, -0.2) is 4.98 Å². The first-order valence-corrected chi connectivity index (χ1v) is 6.92. The van der Waals surface area contributed by atoms with Crippen LogP contribution in [0.4, 0.5) is 5.69 Å². The van der Waals surface area contributed by atoms with Gasteiger partial charge in [0.05, 0.1) is 16.9 Å². The third-order valence-electron chi connectivity index (χ3n) is 2.88. The molecule has 0 aromatic carbocycles. The summed E-state index contributed by atoms with van der Waals surface area (Å²) in [5.74, 6) is 0.744. The summed E-state index contributed by atoms with van der Waals surface area (Å²) in [4.78, 5) is 4.34. The lowest BCUT2D eigenvalue weighted by atomic mass is 10.0. The zero-order valence-electron chi connectivity index (χ0n) is 9.61. The summed E-state index contributed by atoms with van der Waals surface area (Å²) in [6.45, 7) is 2.86. The highest BCUT2D eigenvalue weighted by Crippen LogP contribution is 2.17. The van der Waals surface area contributed by atoms with Crippen molar-refractivity contribution in [2.24, 2.45) is 5.92 Å². The van der Waals surface area contributed by atoms with Crippen LogP contribution in [0.25, 0.3) is 0 Å². The Morgan fingerprint density at radius 2 is 2.25 bits per heavy atom. The fourth-order valence-electron chi connectivity index (χ4n) is 1.82. The molecule has 0 aliphatic carbocycles. The van der Waals surface area contributed by atoms with Crippen molar-refractivity contribution < 1.29 is 4.74 Å². The number of hydrogen-bond acceptors (Lipinski definition) is 4. The Balaban J connectivity index is 1.79. The van der Waals surface area contributed by atoms with Crippen LogP contribution in [0, 0.1) is 5.92 Å². The lowest BCUT2D eigenvalue weighted by molar-refractivity contribution is 0.0699. The van der Waals surface area contributed by atoms with Gasteiger partial charge in [-0.15, -0.1) is 11.8 Å². The molecule has 1 aromatic heterocycles. The first-order valence-electron chi connectivity index (χ1n) is 5.70. The maximum atomic E-state index is 5.34. The highest BCUT2D eigenvalue weighted by atomic mass is 32.2. The molecule has 0 atom stereocenters. The molecule has 1 aromatic rings. The van der Waals surface area contributed by atoms with Crippen molar-refractivity contribution in [3.8, 4) is 0 Å². The Morgan fingerprint density at radius 3 is 2.88 bits per heavy atom. The Kier molecular flexibility index (Phi) is 4.48. The SMILES string of the molecule is CSc1ccc(NCC2CCOCC2)cn1. The van der Waals surface area contributed by atoms with E-state index in [2.05, 4.69) is 22.4 Å². The summed E-state index contributed by atoms with van der Waals surface area (Å²) < 4.78 is 5.34. The van der Waals surface area contributed by atoms with Gasteiger partial charge in [-0.2, -0.15) is 0 Å². The highest BCUT2D eigenvalue weighted by molar-refractivity contribution is 7.98. The quantitative estimate of drug-likeness (QED) is 0.818. The maximum Gasteiger partial charge on any atom is 0.0958 e. The van der Waals surface area contributed by atoms with Gasteiger partial charge in [-0.1, -0.05) is 0 Å². The Hall–Kier alpha value is -0.740. The molecule has 0 unspecified atom stereocenters. The van der Waals surface area contributed by atoms with Crippen LogP contribution in [0.2, 0.25) is 0 Å². The number of nitrogens with one attached hydrogen (secondary N) is 1. The monoisotopic (exact) mass is 238 g/mol. The lowest BCUT2D eigenvalue weighted by Gasteiger charge is -2.22. The molecule has 1 N–H and O–H groups in total. The summed E-state index contributed by atoms with van der Waals surface area (Å²) in [5, 5.41) is 4.50. The number of pyridine rings is 1. The Labute approximate surface area is 101 Å². The van der Waals surface area contributed by atoms with Crippen LogP contribution in [0.15, 0.2) is 23.4 Å². The van der Waals surface area contributed by atoms with Crippen LogP contribution >= 0.6 is 11.8 Å². The average Bonchev–Trinajstić information content (AvgIpc) is 2.38. The number of anilines is 1. The van der Waals surface area contributed by atoms with E-state index < -0.39 is 0 Å². The highest BCUT2D eigenvalue weighted by Gasteiger charge is 2.13. The molecular weight excluding hydrogens is 220 g/mol. The van der Waals surface area contributed by atoms with Gasteiger partial charge in [-0.05, 0) is 37.1 Å². The van der Waals surface area contributed by atoms with Gasteiger partial charge in [0.1, 0.15) is 0 Å². The van der Waals surface area contributed by atoms with Gasteiger partial charge in [0, 0.05) is 19.8 Å².